The van der Waals surface area contributed by atoms with Gasteiger partial charge in [-0.15, -0.1) is 0 Å². The minimum atomic E-state index is -5.02. The van der Waals surface area contributed by atoms with Crippen molar-refractivity contribution in [1.82, 2.24) is 6.55 Å². The topological polar surface area (TPSA) is 329 Å². The summed E-state index contributed by atoms with van der Waals surface area (Å²) in [6.07, 6.45) is 0. The summed E-state index contributed by atoms with van der Waals surface area (Å²) in [5, 5.41) is 19.1. The van der Waals surface area contributed by atoms with E-state index >= 15 is 0 Å². The van der Waals surface area contributed by atoms with E-state index in [-0.39, 0.29) is 62.1 Å². The molecule has 21 nitrogen and oxygen atoms in total. The Hall–Kier alpha value is -7.28. The van der Waals surface area contributed by atoms with Crippen molar-refractivity contribution in [2.75, 3.05) is 0 Å². The van der Waals surface area contributed by atoms with Crippen LogP contribution in [0.4, 0.5) is 11.6 Å². The fourth-order valence-electron chi connectivity index (χ4n) is 10.1. The van der Waals surface area contributed by atoms with Crippen molar-refractivity contribution in [2.45, 2.75) is 19.6 Å². The SMILES string of the molecule is O.O=S(=O)([O-])c1cccc2cc3c(cc12)C1=Nc2c4cc5cccc(S(=O)(=O)[O-])c5cc4c4[n]2[Ga][n]2c(c5cc6cccc(S(=O)(=O)[O-])c6cc5c2=NC3=N1)=NC1=NC(=N4)c2cc3cccc(SOO[O-])c3cc21. The molecule has 8 aromatic carbocycles. The number of benzene rings is 8. The van der Waals surface area contributed by atoms with Crippen molar-refractivity contribution in [3.63, 3.8) is 0 Å². The molecule has 0 atom stereocenters. The van der Waals surface area contributed by atoms with Crippen molar-refractivity contribution in [2.24, 2.45) is 30.0 Å². The van der Waals surface area contributed by atoms with Crippen LogP contribution in [0.15, 0.2) is 171 Å². The summed E-state index contributed by atoms with van der Waals surface area (Å²) < 4.78 is 124. The van der Waals surface area contributed by atoms with Gasteiger partial charge in [-0.2, -0.15) is 0 Å². The van der Waals surface area contributed by atoms with E-state index in [0.717, 1.165) is 0 Å². The van der Waals surface area contributed by atoms with Crippen LogP contribution >= 0.6 is 12.0 Å². The summed E-state index contributed by atoms with van der Waals surface area (Å²) in [4.78, 5) is 30.2. The van der Waals surface area contributed by atoms with Crippen LogP contribution < -0.4 is 16.2 Å². The first-order valence-corrected chi connectivity index (χ1v) is 28.6. The molecule has 1 radical (unpaired) electrons. The number of aliphatic imine (C=N–C) groups is 4. The molecule has 2 aromatic heterocycles. The number of rotatable bonds is 6. The predicted molar refractivity (Wildman–Crippen MR) is 267 cm³/mol. The van der Waals surface area contributed by atoms with E-state index < -0.39 is 62.9 Å². The second-order valence-electron chi connectivity index (χ2n) is 17.2. The first-order chi connectivity index (χ1) is 35.0. The molecule has 363 valence electrons. The molecule has 0 unspecified atom stereocenters. The molecule has 0 spiro atoms. The van der Waals surface area contributed by atoms with E-state index in [0.29, 0.717) is 93.2 Å². The van der Waals surface area contributed by atoms with Crippen LogP contribution in [0.2, 0.25) is 0 Å². The number of nitrogens with zero attached hydrogens (tertiary/aromatic N) is 8. The summed E-state index contributed by atoms with van der Waals surface area (Å²) >= 11 is -1.74. The molecule has 0 saturated carbocycles. The third-order valence-electron chi connectivity index (χ3n) is 13.2. The molecular formula is C48H22GaN8O13S4-4. The molecule has 26 heteroatoms. The van der Waals surface area contributed by atoms with E-state index in [1.165, 1.54) is 42.5 Å². The predicted octanol–water partition coefficient (Wildman–Crippen LogP) is 4.20. The van der Waals surface area contributed by atoms with Crippen LogP contribution in [0, 0.1) is 0 Å². The van der Waals surface area contributed by atoms with Gasteiger partial charge in [-0.1, -0.05) is 0 Å². The van der Waals surface area contributed by atoms with E-state index in [1.807, 2.05) is 24.7 Å². The van der Waals surface area contributed by atoms with Crippen molar-refractivity contribution in [1.29, 1.82) is 0 Å². The Bertz CT molecular complexity index is 4980. The van der Waals surface area contributed by atoms with Gasteiger partial charge in [0.25, 0.3) is 0 Å². The number of hydrogen-bond donors (Lipinski definition) is 0. The van der Waals surface area contributed by atoms with Crippen LogP contribution in [0.25, 0.3) is 64.6 Å². The average Bonchev–Trinajstić information content (AvgIpc) is 4.03. The molecule has 74 heavy (non-hydrogen) atoms. The second kappa shape index (κ2) is 16.1. The summed E-state index contributed by atoms with van der Waals surface area (Å²) in [5.41, 5.74) is 2.28. The summed E-state index contributed by atoms with van der Waals surface area (Å²) in [6, 6.07) is 31.7. The number of aromatic nitrogens is 2. The molecule has 0 amide bonds. The summed E-state index contributed by atoms with van der Waals surface area (Å²) in [5.74, 6) is 1.07. The Morgan fingerprint density at radius 1 is 0.432 bits per heavy atom. The molecule has 4 aliphatic heterocycles. The van der Waals surface area contributed by atoms with E-state index in [4.69, 9.17) is 34.3 Å². The van der Waals surface area contributed by atoms with Gasteiger partial charge in [0, 0.05) is 0 Å². The second-order valence-corrected chi connectivity index (χ2v) is 24.6. The monoisotopic (exact) mass is 1110 g/mol. The summed E-state index contributed by atoms with van der Waals surface area (Å²) in [6.45, 7) is 0. The first kappa shape index (κ1) is 46.5. The zero-order valence-corrected chi connectivity index (χ0v) is 42.4. The Morgan fingerprint density at radius 3 is 1.34 bits per heavy atom. The molecular weight excluding hydrogens is 1090 g/mol. The summed E-state index contributed by atoms with van der Waals surface area (Å²) in [7, 11) is -15.0. The minimum absolute atomic E-state index is 0. The van der Waals surface area contributed by atoms with Gasteiger partial charge in [0.2, 0.25) is 0 Å². The van der Waals surface area contributed by atoms with E-state index in [1.54, 1.807) is 60.7 Å². The van der Waals surface area contributed by atoms with Crippen molar-refractivity contribution in [3.05, 3.63) is 155 Å². The van der Waals surface area contributed by atoms with Crippen molar-refractivity contribution < 1.29 is 59.0 Å². The van der Waals surface area contributed by atoms with E-state index in [9.17, 15) is 44.2 Å². The van der Waals surface area contributed by atoms with Gasteiger partial charge < -0.3 is 5.48 Å². The zero-order valence-electron chi connectivity index (χ0n) is 36.7. The van der Waals surface area contributed by atoms with Gasteiger partial charge in [0.15, 0.2) is 0 Å². The average molecular weight is 1120 g/mol. The Morgan fingerprint density at radius 2 is 0.824 bits per heavy atom. The molecule has 14 rings (SSSR count). The van der Waals surface area contributed by atoms with Crippen LogP contribution in [-0.4, -0.2) is 92.2 Å². The van der Waals surface area contributed by atoms with Gasteiger partial charge in [-0.05, 0) is 0 Å². The molecule has 6 bridgehead atoms. The van der Waals surface area contributed by atoms with E-state index in [2.05, 4.69) is 5.04 Å². The maximum absolute atomic E-state index is 12.8. The first-order valence-electron chi connectivity index (χ1n) is 21.5. The molecule has 0 saturated heterocycles. The molecule has 0 aliphatic carbocycles. The normalized spacial score (nSPS) is 14.7. The van der Waals surface area contributed by atoms with Gasteiger partial charge >= 0.3 is 424 Å². The molecule has 2 N–H and O–H groups in total. The third-order valence-corrected chi connectivity index (χ3v) is 19.6. The number of hydrogen-bond acceptors (Lipinski definition) is 19. The molecule has 0 fully saturated rings. The van der Waals surface area contributed by atoms with Crippen LogP contribution in [0.1, 0.15) is 22.3 Å². The third kappa shape index (κ3) is 6.93. The molecule has 4 aliphatic rings. The van der Waals surface area contributed by atoms with Gasteiger partial charge in [-0.3, -0.25) is 0 Å². The van der Waals surface area contributed by atoms with Gasteiger partial charge in [0.1, 0.15) is 0 Å². The van der Waals surface area contributed by atoms with Crippen LogP contribution in [0.3, 0.4) is 0 Å². The van der Waals surface area contributed by atoms with Crippen LogP contribution in [-0.2, 0) is 39.7 Å². The standard InChI is InChI=1S/C48H24N8O12S4.Ga.H2O/c57-67-68-69-37-9-1-5-21-13-29-33(17-25(21)37)45-49-41(29)51-46-35-19-27-23(7-3-11-39(27)71(61,62)63)15-31(35)43(53-46)55-48-36-20-28-24(8-4-12-40(28)72(64,65)66)16-32(36)44(56-48)54-47-34-18-26-22(14-30(34)42(50-45)52-47)6-2-10-38(26)70(58,59)60;;/h1-20H,(H4-2,49,50,51,52,53,54,55,56,57,58,59,60,61,62,63,64,65,66);;1H2/q-2;+2;/p-4. The van der Waals surface area contributed by atoms with Gasteiger partial charge in [-0.25, -0.2) is 0 Å². The quantitative estimate of drug-likeness (QED) is 0.0742. The van der Waals surface area contributed by atoms with Crippen LogP contribution in [0.5, 0.6) is 0 Å². The maximum atomic E-state index is 12.8. The van der Waals surface area contributed by atoms with Gasteiger partial charge in [0.05, 0.1) is 0 Å². The number of amidine groups is 4. The fraction of sp³-hybridized carbons (Fsp3) is 0. The fourth-order valence-corrected chi connectivity index (χ4v) is 15.8. The zero-order chi connectivity index (χ0) is 50.0. The van der Waals surface area contributed by atoms with Crippen molar-refractivity contribution in [3.8, 4) is 0 Å². The number of fused-ring (bicyclic) bond motifs is 18. The van der Waals surface area contributed by atoms with Crippen molar-refractivity contribution >= 4 is 160 Å². The molecule has 10 aromatic rings. The Labute approximate surface area is 426 Å². The Balaban J connectivity index is 0.00000528. The Kier molecular flexibility index (Phi) is 10.1. The molecule has 6 heterocycles.